The summed E-state index contributed by atoms with van der Waals surface area (Å²) in [7, 11) is 1.77. The molecule has 0 saturated heterocycles. The third kappa shape index (κ3) is 2.98. The molecule has 0 radical (unpaired) electrons. The summed E-state index contributed by atoms with van der Waals surface area (Å²) in [6, 6.07) is 7.49. The van der Waals surface area contributed by atoms with E-state index in [4.69, 9.17) is 4.42 Å². The molecule has 0 aliphatic heterocycles. The van der Waals surface area contributed by atoms with E-state index >= 15 is 0 Å². The second-order valence-corrected chi connectivity index (χ2v) is 6.24. The van der Waals surface area contributed by atoms with Crippen LogP contribution in [0, 0.1) is 6.92 Å². The van der Waals surface area contributed by atoms with Gasteiger partial charge in [-0.1, -0.05) is 0 Å². The molecule has 0 saturated carbocycles. The lowest BCUT2D eigenvalue weighted by Crippen LogP contribution is -2.25. The molecule has 1 amide bonds. The Balaban J connectivity index is 2.05. The summed E-state index contributed by atoms with van der Waals surface area (Å²) in [5.41, 5.74) is 0. The van der Waals surface area contributed by atoms with Gasteiger partial charge in [-0.2, -0.15) is 0 Å². The first-order valence-electron chi connectivity index (χ1n) is 5.12. The fraction of sp³-hybridized carbons (Fsp3) is 0.250. The Labute approximate surface area is 112 Å². The van der Waals surface area contributed by atoms with Crippen molar-refractivity contribution in [1.29, 1.82) is 0 Å². The van der Waals surface area contributed by atoms with Crippen LogP contribution >= 0.6 is 27.3 Å². The van der Waals surface area contributed by atoms with Crippen LogP contribution in [-0.4, -0.2) is 17.9 Å². The van der Waals surface area contributed by atoms with Gasteiger partial charge in [0, 0.05) is 7.05 Å². The van der Waals surface area contributed by atoms with Crippen LogP contribution in [-0.2, 0) is 6.54 Å². The van der Waals surface area contributed by atoms with E-state index in [0.717, 1.165) is 20.2 Å². The molecule has 0 aromatic carbocycles. The topological polar surface area (TPSA) is 33.5 Å². The second kappa shape index (κ2) is 5.06. The van der Waals surface area contributed by atoms with Crippen molar-refractivity contribution in [2.24, 2.45) is 0 Å². The standard InChI is InChI=1S/C12H12BrNO2S/c1-8-3-4-9(16-8)7-14(2)12(15)10-5-6-11(13)17-10/h3-6H,7H2,1-2H3. The number of aryl methyl sites for hydroxylation is 1. The number of rotatable bonds is 3. The molecule has 0 spiro atoms. The number of hydrogen-bond donors (Lipinski definition) is 0. The highest BCUT2D eigenvalue weighted by molar-refractivity contribution is 9.11. The number of furan rings is 1. The van der Waals surface area contributed by atoms with Crippen molar-refractivity contribution in [3.63, 3.8) is 0 Å². The van der Waals surface area contributed by atoms with E-state index < -0.39 is 0 Å². The van der Waals surface area contributed by atoms with Crippen molar-refractivity contribution in [3.05, 3.63) is 44.4 Å². The SMILES string of the molecule is Cc1ccc(CN(C)C(=O)c2ccc(Br)s2)o1. The number of nitrogens with zero attached hydrogens (tertiary/aromatic N) is 1. The average molecular weight is 314 g/mol. The zero-order valence-electron chi connectivity index (χ0n) is 9.57. The van der Waals surface area contributed by atoms with Crippen LogP contribution in [0.4, 0.5) is 0 Å². The minimum Gasteiger partial charge on any atom is -0.464 e. The third-order valence-electron chi connectivity index (χ3n) is 2.32. The smallest absolute Gasteiger partial charge is 0.264 e. The average Bonchev–Trinajstić information content (AvgIpc) is 2.87. The van der Waals surface area contributed by atoms with E-state index in [1.807, 2.05) is 31.2 Å². The highest BCUT2D eigenvalue weighted by atomic mass is 79.9. The molecule has 2 rings (SSSR count). The molecule has 0 N–H and O–H groups in total. The Bertz CT molecular complexity index is 532. The second-order valence-electron chi connectivity index (χ2n) is 3.78. The minimum absolute atomic E-state index is 0.00903. The first kappa shape index (κ1) is 12.4. The van der Waals surface area contributed by atoms with Gasteiger partial charge in [-0.05, 0) is 47.1 Å². The number of carbonyl (C=O) groups is 1. The van der Waals surface area contributed by atoms with Gasteiger partial charge in [0.25, 0.3) is 5.91 Å². The fourth-order valence-corrected chi connectivity index (χ4v) is 2.87. The molecule has 2 aromatic rings. The van der Waals surface area contributed by atoms with Crippen LogP contribution in [0.3, 0.4) is 0 Å². The zero-order chi connectivity index (χ0) is 12.4. The summed E-state index contributed by atoms with van der Waals surface area (Å²) in [6.45, 7) is 2.38. The predicted octanol–water partition coefficient (Wildman–Crippen LogP) is 3.68. The third-order valence-corrected chi connectivity index (χ3v) is 3.93. The normalized spacial score (nSPS) is 10.5. The Morgan fingerprint density at radius 1 is 1.41 bits per heavy atom. The Hall–Kier alpha value is -1.07. The van der Waals surface area contributed by atoms with E-state index in [0.29, 0.717) is 6.54 Å². The molecule has 17 heavy (non-hydrogen) atoms. The van der Waals surface area contributed by atoms with Crippen LogP contribution in [0.1, 0.15) is 21.2 Å². The largest absolute Gasteiger partial charge is 0.464 e. The lowest BCUT2D eigenvalue weighted by Gasteiger charge is -2.14. The molecule has 3 nitrogen and oxygen atoms in total. The maximum absolute atomic E-state index is 12.0. The van der Waals surface area contributed by atoms with Gasteiger partial charge in [0.05, 0.1) is 15.2 Å². The van der Waals surface area contributed by atoms with Gasteiger partial charge in [0.15, 0.2) is 0 Å². The summed E-state index contributed by atoms with van der Waals surface area (Å²) in [5.74, 6) is 1.67. The van der Waals surface area contributed by atoms with Gasteiger partial charge in [0.2, 0.25) is 0 Å². The summed E-state index contributed by atoms with van der Waals surface area (Å²) >= 11 is 4.78. The van der Waals surface area contributed by atoms with Crippen LogP contribution < -0.4 is 0 Å². The molecule has 2 aromatic heterocycles. The number of thiophene rings is 1. The lowest BCUT2D eigenvalue weighted by atomic mass is 10.3. The molecular formula is C12H12BrNO2S. The number of halogens is 1. The van der Waals surface area contributed by atoms with Gasteiger partial charge in [-0.3, -0.25) is 4.79 Å². The first-order valence-corrected chi connectivity index (χ1v) is 6.73. The highest BCUT2D eigenvalue weighted by Gasteiger charge is 2.15. The predicted molar refractivity (Wildman–Crippen MR) is 71.3 cm³/mol. The van der Waals surface area contributed by atoms with E-state index in [2.05, 4.69) is 15.9 Å². The van der Waals surface area contributed by atoms with Crippen LogP contribution in [0.5, 0.6) is 0 Å². The van der Waals surface area contributed by atoms with Gasteiger partial charge >= 0.3 is 0 Å². The number of carbonyl (C=O) groups excluding carboxylic acids is 1. The first-order chi connectivity index (χ1) is 8.06. The lowest BCUT2D eigenvalue weighted by molar-refractivity contribution is 0.0780. The maximum Gasteiger partial charge on any atom is 0.264 e. The van der Waals surface area contributed by atoms with Crippen molar-refractivity contribution in [2.75, 3.05) is 7.05 Å². The summed E-state index contributed by atoms with van der Waals surface area (Å²) < 4.78 is 6.41. The quantitative estimate of drug-likeness (QED) is 0.866. The van der Waals surface area contributed by atoms with Crippen molar-refractivity contribution in [3.8, 4) is 0 Å². The van der Waals surface area contributed by atoms with E-state index in [1.54, 1.807) is 11.9 Å². The van der Waals surface area contributed by atoms with Crippen molar-refractivity contribution < 1.29 is 9.21 Å². The van der Waals surface area contributed by atoms with E-state index in [9.17, 15) is 4.79 Å². The number of hydrogen-bond acceptors (Lipinski definition) is 3. The Kier molecular flexibility index (Phi) is 3.69. The van der Waals surface area contributed by atoms with Crippen molar-refractivity contribution >= 4 is 33.2 Å². The highest BCUT2D eigenvalue weighted by Crippen LogP contribution is 2.23. The molecule has 0 aliphatic carbocycles. The fourth-order valence-electron chi connectivity index (χ4n) is 1.49. The van der Waals surface area contributed by atoms with Gasteiger partial charge in [0.1, 0.15) is 11.5 Å². The Morgan fingerprint density at radius 2 is 2.18 bits per heavy atom. The van der Waals surface area contributed by atoms with E-state index in [-0.39, 0.29) is 5.91 Å². The zero-order valence-corrected chi connectivity index (χ0v) is 12.0. The maximum atomic E-state index is 12.0. The van der Waals surface area contributed by atoms with Crippen LogP contribution in [0.15, 0.2) is 32.5 Å². The molecule has 90 valence electrons. The summed E-state index contributed by atoms with van der Waals surface area (Å²) in [4.78, 5) is 14.4. The monoisotopic (exact) mass is 313 g/mol. The van der Waals surface area contributed by atoms with Crippen molar-refractivity contribution in [1.82, 2.24) is 4.90 Å². The molecule has 0 fully saturated rings. The molecule has 0 atom stereocenters. The Morgan fingerprint density at radius 3 is 2.71 bits per heavy atom. The van der Waals surface area contributed by atoms with Gasteiger partial charge in [-0.15, -0.1) is 11.3 Å². The summed E-state index contributed by atoms with van der Waals surface area (Å²) in [6.07, 6.45) is 0. The molecular weight excluding hydrogens is 302 g/mol. The molecule has 0 aliphatic rings. The van der Waals surface area contributed by atoms with Crippen molar-refractivity contribution in [2.45, 2.75) is 13.5 Å². The summed E-state index contributed by atoms with van der Waals surface area (Å²) in [5, 5.41) is 0. The molecule has 0 unspecified atom stereocenters. The van der Waals surface area contributed by atoms with E-state index in [1.165, 1.54) is 11.3 Å². The van der Waals surface area contributed by atoms with Crippen LogP contribution in [0.2, 0.25) is 0 Å². The molecule has 0 bridgehead atoms. The van der Waals surface area contributed by atoms with Crippen LogP contribution in [0.25, 0.3) is 0 Å². The van der Waals surface area contributed by atoms with Gasteiger partial charge < -0.3 is 9.32 Å². The van der Waals surface area contributed by atoms with Gasteiger partial charge in [-0.25, -0.2) is 0 Å². The molecule has 2 heterocycles. The number of amides is 1. The molecule has 5 heteroatoms. The minimum atomic E-state index is 0.00903.